The van der Waals surface area contributed by atoms with Crippen molar-refractivity contribution in [2.24, 2.45) is 0 Å². The van der Waals surface area contributed by atoms with Gasteiger partial charge in [-0.2, -0.15) is 5.10 Å². The maximum atomic E-state index is 11.7. The second-order valence-electron chi connectivity index (χ2n) is 4.48. The van der Waals surface area contributed by atoms with E-state index in [1.807, 2.05) is 20.8 Å². The van der Waals surface area contributed by atoms with Crippen LogP contribution in [0.2, 0.25) is 0 Å². The van der Waals surface area contributed by atoms with E-state index >= 15 is 0 Å². The SMILES string of the molecule is Cc1ncn([C@@H](C)C(=O)OC(C)(C)C)n1. The summed E-state index contributed by atoms with van der Waals surface area (Å²) in [5.41, 5.74) is -0.471. The van der Waals surface area contributed by atoms with Crippen molar-refractivity contribution >= 4 is 5.97 Å². The third kappa shape index (κ3) is 3.34. The number of nitrogens with zero attached hydrogens (tertiary/aromatic N) is 3. The van der Waals surface area contributed by atoms with E-state index in [2.05, 4.69) is 10.1 Å². The van der Waals surface area contributed by atoms with Crippen LogP contribution in [0.15, 0.2) is 6.33 Å². The quantitative estimate of drug-likeness (QED) is 0.695. The maximum absolute atomic E-state index is 11.7. The molecule has 0 radical (unpaired) electrons. The molecule has 1 aromatic heterocycles. The number of aryl methyl sites for hydroxylation is 1. The predicted octanol–water partition coefficient (Wildman–Crippen LogP) is 1.49. The molecule has 0 aliphatic carbocycles. The molecular weight excluding hydrogens is 194 g/mol. The highest BCUT2D eigenvalue weighted by Gasteiger charge is 2.23. The molecular formula is C10H17N3O2. The molecule has 5 nitrogen and oxygen atoms in total. The summed E-state index contributed by atoms with van der Waals surface area (Å²) in [6.07, 6.45) is 1.53. The third-order valence-corrected chi connectivity index (χ3v) is 1.77. The zero-order valence-electron chi connectivity index (χ0n) is 9.81. The molecule has 1 rings (SSSR count). The summed E-state index contributed by atoms with van der Waals surface area (Å²) >= 11 is 0. The van der Waals surface area contributed by atoms with Gasteiger partial charge in [-0.15, -0.1) is 0 Å². The Morgan fingerprint density at radius 1 is 1.53 bits per heavy atom. The number of carbonyl (C=O) groups is 1. The van der Waals surface area contributed by atoms with Crippen LogP contribution in [-0.2, 0) is 9.53 Å². The molecule has 1 aromatic rings. The Kier molecular flexibility index (Phi) is 3.12. The van der Waals surface area contributed by atoms with Crippen molar-refractivity contribution in [1.82, 2.24) is 14.8 Å². The van der Waals surface area contributed by atoms with Gasteiger partial charge in [0.25, 0.3) is 0 Å². The van der Waals surface area contributed by atoms with Crippen LogP contribution < -0.4 is 0 Å². The van der Waals surface area contributed by atoms with E-state index < -0.39 is 11.6 Å². The Balaban J connectivity index is 2.69. The largest absolute Gasteiger partial charge is 0.458 e. The van der Waals surface area contributed by atoms with Crippen molar-refractivity contribution in [2.75, 3.05) is 0 Å². The van der Waals surface area contributed by atoms with Gasteiger partial charge in [0.05, 0.1) is 0 Å². The smallest absolute Gasteiger partial charge is 0.331 e. The van der Waals surface area contributed by atoms with E-state index in [1.165, 1.54) is 11.0 Å². The van der Waals surface area contributed by atoms with Crippen molar-refractivity contribution in [3.05, 3.63) is 12.2 Å². The first-order valence-corrected chi connectivity index (χ1v) is 4.90. The van der Waals surface area contributed by atoms with Gasteiger partial charge >= 0.3 is 5.97 Å². The van der Waals surface area contributed by atoms with Gasteiger partial charge < -0.3 is 4.74 Å². The van der Waals surface area contributed by atoms with Gasteiger partial charge in [0.1, 0.15) is 23.8 Å². The highest BCUT2D eigenvalue weighted by molar-refractivity contribution is 5.74. The lowest BCUT2D eigenvalue weighted by Gasteiger charge is -2.22. The Bertz CT molecular complexity index is 352. The number of hydrogen-bond acceptors (Lipinski definition) is 4. The predicted molar refractivity (Wildman–Crippen MR) is 55.3 cm³/mol. The summed E-state index contributed by atoms with van der Waals surface area (Å²) < 4.78 is 6.74. The Morgan fingerprint density at radius 2 is 2.13 bits per heavy atom. The Hall–Kier alpha value is -1.39. The molecule has 84 valence electrons. The van der Waals surface area contributed by atoms with E-state index in [0.717, 1.165) is 0 Å². The molecule has 0 amide bonds. The molecule has 15 heavy (non-hydrogen) atoms. The molecule has 0 bridgehead atoms. The molecule has 1 heterocycles. The lowest BCUT2D eigenvalue weighted by Crippen LogP contribution is -2.29. The van der Waals surface area contributed by atoms with Crippen LogP contribution in [0.4, 0.5) is 0 Å². The topological polar surface area (TPSA) is 57.0 Å². The minimum atomic E-state index is -0.471. The average Bonchev–Trinajstić information content (AvgIpc) is 2.47. The van der Waals surface area contributed by atoms with Crippen molar-refractivity contribution in [3.8, 4) is 0 Å². The maximum Gasteiger partial charge on any atom is 0.331 e. The first kappa shape index (κ1) is 11.7. The van der Waals surface area contributed by atoms with Gasteiger partial charge in [0.2, 0.25) is 0 Å². The minimum Gasteiger partial charge on any atom is -0.458 e. The molecule has 0 spiro atoms. The fourth-order valence-electron chi connectivity index (χ4n) is 1.04. The fraction of sp³-hybridized carbons (Fsp3) is 0.700. The summed E-state index contributed by atoms with van der Waals surface area (Å²) in [6.45, 7) is 9.03. The summed E-state index contributed by atoms with van der Waals surface area (Å²) in [5.74, 6) is 0.345. The summed E-state index contributed by atoms with van der Waals surface area (Å²) in [4.78, 5) is 15.6. The van der Waals surface area contributed by atoms with E-state index in [4.69, 9.17) is 4.74 Å². The van der Waals surface area contributed by atoms with Gasteiger partial charge in [0, 0.05) is 0 Å². The Labute approximate surface area is 89.5 Å². The van der Waals surface area contributed by atoms with Crippen LogP contribution in [0, 0.1) is 6.92 Å². The zero-order valence-corrected chi connectivity index (χ0v) is 9.81. The second-order valence-corrected chi connectivity index (χ2v) is 4.48. The highest BCUT2D eigenvalue weighted by Crippen LogP contribution is 2.13. The molecule has 0 aliphatic heterocycles. The highest BCUT2D eigenvalue weighted by atomic mass is 16.6. The van der Waals surface area contributed by atoms with Crippen LogP contribution >= 0.6 is 0 Å². The fourth-order valence-corrected chi connectivity index (χ4v) is 1.04. The molecule has 5 heteroatoms. The second kappa shape index (κ2) is 4.00. The van der Waals surface area contributed by atoms with E-state index in [1.54, 1.807) is 13.8 Å². The minimum absolute atomic E-state index is 0.299. The lowest BCUT2D eigenvalue weighted by molar-refractivity contribution is -0.158. The number of carbonyl (C=O) groups excluding carboxylic acids is 1. The first-order valence-electron chi connectivity index (χ1n) is 4.90. The van der Waals surface area contributed by atoms with Crippen molar-refractivity contribution in [1.29, 1.82) is 0 Å². The van der Waals surface area contributed by atoms with Gasteiger partial charge in [0.15, 0.2) is 0 Å². The first-order chi connectivity index (χ1) is 6.79. The standard InChI is InChI=1S/C10H17N3O2/c1-7(9(14)15-10(3,4)5)13-6-11-8(2)12-13/h6-7H,1-5H3/t7-/m0/s1. The number of hydrogen-bond donors (Lipinski definition) is 0. The van der Waals surface area contributed by atoms with Crippen molar-refractivity contribution < 1.29 is 9.53 Å². The molecule has 0 saturated heterocycles. The molecule has 0 unspecified atom stereocenters. The van der Waals surface area contributed by atoms with Crippen LogP contribution in [0.3, 0.4) is 0 Å². The Morgan fingerprint density at radius 3 is 2.53 bits per heavy atom. The van der Waals surface area contributed by atoms with Gasteiger partial charge in [-0.1, -0.05) is 0 Å². The molecule has 0 fully saturated rings. The lowest BCUT2D eigenvalue weighted by atomic mass is 10.2. The summed E-state index contributed by atoms with van der Waals surface area (Å²) in [7, 11) is 0. The van der Waals surface area contributed by atoms with Gasteiger partial charge in [-0.25, -0.2) is 14.5 Å². The van der Waals surface area contributed by atoms with E-state index in [9.17, 15) is 4.79 Å². The molecule has 0 saturated carbocycles. The number of aromatic nitrogens is 3. The summed E-state index contributed by atoms with van der Waals surface area (Å²) in [6, 6.07) is -0.439. The van der Waals surface area contributed by atoms with Crippen LogP contribution in [0.1, 0.15) is 39.6 Å². The number of rotatable bonds is 2. The molecule has 0 aromatic carbocycles. The van der Waals surface area contributed by atoms with Crippen LogP contribution in [0.25, 0.3) is 0 Å². The van der Waals surface area contributed by atoms with Crippen LogP contribution in [-0.4, -0.2) is 26.3 Å². The zero-order chi connectivity index (χ0) is 11.6. The monoisotopic (exact) mass is 211 g/mol. The molecule has 1 atom stereocenters. The molecule has 0 aliphatic rings. The third-order valence-electron chi connectivity index (χ3n) is 1.77. The normalized spacial score (nSPS) is 13.7. The van der Waals surface area contributed by atoms with E-state index in [-0.39, 0.29) is 5.97 Å². The van der Waals surface area contributed by atoms with Gasteiger partial charge in [-0.3, -0.25) is 0 Å². The van der Waals surface area contributed by atoms with Crippen LogP contribution in [0.5, 0.6) is 0 Å². The molecule has 0 N–H and O–H groups in total. The van der Waals surface area contributed by atoms with Crippen molar-refractivity contribution in [2.45, 2.75) is 46.3 Å². The van der Waals surface area contributed by atoms with E-state index in [0.29, 0.717) is 5.82 Å². The van der Waals surface area contributed by atoms with Gasteiger partial charge in [-0.05, 0) is 34.6 Å². The number of esters is 1. The number of ether oxygens (including phenoxy) is 1. The van der Waals surface area contributed by atoms with Crippen molar-refractivity contribution in [3.63, 3.8) is 0 Å². The summed E-state index contributed by atoms with van der Waals surface area (Å²) in [5, 5.41) is 4.07. The average molecular weight is 211 g/mol.